The summed E-state index contributed by atoms with van der Waals surface area (Å²) in [4.78, 5) is 4.99. The molecule has 1 heterocycles. The lowest BCUT2D eigenvalue weighted by Crippen LogP contribution is -2.50. The fourth-order valence-electron chi connectivity index (χ4n) is 3.28. The zero-order chi connectivity index (χ0) is 12.0. The molecule has 0 aromatic heterocycles. The van der Waals surface area contributed by atoms with Gasteiger partial charge in [-0.15, -0.1) is 0 Å². The maximum atomic E-state index is 2.50. The second kappa shape index (κ2) is 3.74. The lowest BCUT2D eigenvalue weighted by molar-refractivity contribution is 0.0926. The standard InChI is InChI=1S/C13H28N2/c1-12(2,3)10-11(13(4,5)6)15(8)9-14(10)7/h10-11H,9H2,1-8H3/t10-,11-/m0/s1. The van der Waals surface area contributed by atoms with Gasteiger partial charge in [0.15, 0.2) is 0 Å². The Bertz CT molecular complexity index is 198. The van der Waals surface area contributed by atoms with Crippen LogP contribution in [-0.2, 0) is 0 Å². The van der Waals surface area contributed by atoms with Crippen molar-refractivity contribution >= 4 is 0 Å². The summed E-state index contributed by atoms with van der Waals surface area (Å²) in [5, 5.41) is 0. The Balaban J connectivity index is 3.01. The summed E-state index contributed by atoms with van der Waals surface area (Å²) >= 11 is 0. The smallest absolute Gasteiger partial charge is 0.0507 e. The molecule has 15 heavy (non-hydrogen) atoms. The minimum atomic E-state index is 0.345. The van der Waals surface area contributed by atoms with Crippen molar-refractivity contribution in [2.45, 2.75) is 53.6 Å². The molecule has 0 unspecified atom stereocenters. The van der Waals surface area contributed by atoms with Gasteiger partial charge in [0, 0.05) is 12.1 Å². The maximum absolute atomic E-state index is 2.50. The molecular weight excluding hydrogens is 184 g/mol. The molecule has 0 aromatic rings. The van der Waals surface area contributed by atoms with Crippen molar-refractivity contribution in [3.8, 4) is 0 Å². The quantitative estimate of drug-likeness (QED) is 0.609. The van der Waals surface area contributed by atoms with Crippen LogP contribution in [0.5, 0.6) is 0 Å². The van der Waals surface area contributed by atoms with Gasteiger partial charge < -0.3 is 0 Å². The van der Waals surface area contributed by atoms with Crippen molar-refractivity contribution in [3.05, 3.63) is 0 Å². The molecule has 1 rings (SSSR count). The van der Waals surface area contributed by atoms with Gasteiger partial charge in [0.1, 0.15) is 0 Å². The first-order chi connectivity index (χ1) is 6.55. The number of nitrogens with zero attached hydrogens (tertiary/aromatic N) is 2. The first-order valence-electron chi connectivity index (χ1n) is 5.95. The van der Waals surface area contributed by atoms with E-state index in [2.05, 4.69) is 65.4 Å². The summed E-state index contributed by atoms with van der Waals surface area (Å²) in [6.45, 7) is 15.2. The molecule has 0 saturated carbocycles. The van der Waals surface area contributed by atoms with Gasteiger partial charge in [0.05, 0.1) is 6.67 Å². The van der Waals surface area contributed by atoms with Gasteiger partial charge in [-0.3, -0.25) is 9.80 Å². The number of hydrogen-bond acceptors (Lipinski definition) is 2. The zero-order valence-corrected chi connectivity index (χ0v) is 11.8. The highest BCUT2D eigenvalue weighted by molar-refractivity contribution is 5.01. The highest BCUT2D eigenvalue weighted by atomic mass is 15.4. The summed E-state index contributed by atoms with van der Waals surface area (Å²) in [6, 6.07) is 1.28. The van der Waals surface area contributed by atoms with Gasteiger partial charge in [-0.05, 0) is 24.9 Å². The Labute approximate surface area is 95.6 Å². The predicted octanol–water partition coefficient (Wildman–Crippen LogP) is 2.65. The van der Waals surface area contributed by atoms with Crippen LogP contribution in [-0.4, -0.2) is 42.6 Å². The molecule has 0 amide bonds. The van der Waals surface area contributed by atoms with E-state index in [1.807, 2.05) is 0 Å². The zero-order valence-electron chi connectivity index (χ0n) is 11.8. The Morgan fingerprint density at radius 1 is 0.733 bits per heavy atom. The summed E-state index contributed by atoms with van der Waals surface area (Å²) in [5.41, 5.74) is 0.689. The molecule has 1 saturated heterocycles. The molecule has 1 aliphatic rings. The van der Waals surface area contributed by atoms with Crippen LogP contribution in [0.4, 0.5) is 0 Å². The van der Waals surface area contributed by atoms with Crippen LogP contribution in [0, 0.1) is 10.8 Å². The first kappa shape index (κ1) is 13.0. The van der Waals surface area contributed by atoms with E-state index in [4.69, 9.17) is 0 Å². The van der Waals surface area contributed by atoms with Crippen LogP contribution in [0.1, 0.15) is 41.5 Å². The molecule has 0 bridgehead atoms. The van der Waals surface area contributed by atoms with Crippen LogP contribution >= 0.6 is 0 Å². The summed E-state index contributed by atoms with van der Waals surface area (Å²) in [7, 11) is 4.50. The fourth-order valence-corrected chi connectivity index (χ4v) is 3.28. The molecule has 0 aliphatic carbocycles. The van der Waals surface area contributed by atoms with Crippen LogP contribution in [0.15, 0.2) is 0 Å². The molecule has 0 spiro atoms. The Morgan fingerprint density at radius 3 is 1.20 bits per heavy atom. The van der Waals surface area contributed by atoms with Crippen molar-refractivity contribution < 1.29 is 0 Å². The van der Waals surface area contributed by atoms with E-state index in [1.165, 1.54) is 0 Å². The molecule has 2 atom stereocenters. The summed E-state index contributed by atoms with van der Waals surface area (Å²) in [5.74, 6) is 0. The Morgan fingerprint density at radius 2 is 1.00 bits per heavy atom. The molecule has 0 aromatic carbocycles. The molecule has 1 aliphatic heterocycles. The summed E-state index contributed by atoms with van der Waals surface area (Å²) < 4.78 is 0. The molecule has 1 fully saturated rings. The molecular formula is C13H28N2. The second-order valence-electron chi connectivity index (χ2n) is 7.28. The Hall–Kier alpha value is -0.0800. The lowest BCUT2D eigenvalue weighted by atomic mass is 9.73. The second-order valence-corrected chi connectivity index (χ2v) is 7.28. The predicted molar refractivity (Wildman–Crippen MR) is 66.9 cm³/mol. The van der Waals surface area contributed by atoms with E-state index < -0.39 is 0 Å². The SMILES string of the molecule is CN1CN(C)[C@H](C(C)(C)C)[C@H]1C(C)(C)C. The third-order valence-corrected chi connectivity index (χ3v) is 3.47. The van der Waals surface area contributed by atoms with E-state index in [-0.39, 0.29) is 0 Å². The topological polar surface area (TPSA) is 6.48 Å². The average Bonchev–Trinajstić information content (AvgIpc) is 2.22. The molecule has 0 radical (unpaired) electrons. The highest BCUT2D eigenvalue weighted by Crippen LogP contribution is 2.40. The van der Waals surface area contributed by atoms with Crippen molar-refractivity contribution in [3.63, 3.8) is 0 Å². The first-order valence-corrected chi connectivity index (χ1v) is 5.95. The van der Waals surface area contributed by atoms with Gasteiger partial charge >= 0.3 is 0 Å². The molecule has 90 valence electrons. The maximum Gasteiger partial charge on any atom is 0.0507 e. The van der Waals surface area contributed by atoms with Crippen molar-refractivity contribution in [2.24, 2.45) is 10.8 Å². The highest BCUT2D eigenvalue weighted by Gasteiger charge is 2.47. The van der Waals surface area contributed by atoms with E-state index in [1.54, 1.807) is 0 Å². The Kier molecular flexibility index (Phi) is 3.24. The van der Waals surface area contributed by atoms with Gasteiger partial charge in [0.25, 0.3) is 0 Å². The van der Waals surface area contributed by atoms with Crippen molar-refractivity contribution in [2.75, 3.05) is 20.8 Å². The van der Waals surface area contributed by atoms with E-state index in [9.17, 15) is 0 Å². The average molecular weight is 212 g/mol. The summed E-state index contributed by atoms with van der Waals surface area (Å²) in [6.07, 6.45) is 0. The van der Waals surface area contributed by atoms with Crippen molar-refractivity contribution in [1.29, 1.82) is 0 Å². The largest absolute Gasteiger partial charge is 0.288 e. The monoisotopic (exact) mass is 212 g/mol. The third kappa shape index (κ3) is 2.54. The number of hydrogen-bond donors (Lipinski definition) is 0. The van der Waals surface area contributed by atoms with Gasteiger partial charge in [-0.2, -0.15) is 0 Å². The van der Waals surface area contributed by atoms with E-state index in [0.29, 0.717) is 22.9 Å². The van der Waals surface area contributed by atoms with Gasteiger partial charge in [-0.25, -0.2) is 0 Å². The lowest BCUT2D eigenvalue weighted by Gasteiger charge is -2.43. The van der Waals surface area contributed by atoms with Crippen LogP contribution in [0.2, 0.25) is 0 Å². The minimum Gasteiger partial charge on any atom is -0.288 e. The van der Waals surface area contributed by atoms with Gasteiger partial charge in [0.2, 0.25) is 0 Å². The van der Waals surface area contributed by atoms with Crippen LogP contribution in [0.3, 0.4) is 0 Å². The number of likely N-dealkylation sites (N-methyl/N-ethyl adjacent to an activating group) is 2. The van der Waals surface area contributed by atoms with Crippen LogP contribution < -0.4 is 0 Å². The minimum absolute atomic E-state index is 0.345. The molecule has 0 N–H and O–H groups in total. The number of rotatable bonds is 0. The van der Waals surface area contributed by atoms with E-state index in [0.717, 1.165) is 6.67 Å². The normalized spacial score (nSPS) is 31.2. The van der Waals surface area contributed by atoms with E-state index >= 15 is 0 Å². The molecule has 2 nitrogen and oxygen atoms in total. The fraction of sp³-hybridized carbons (Fsp3) is 1.00. The van der Waals surface area contributed by atoms with Crippen LogP contribution in [0.25, 0.3) is 0 Å². The molecule has 2 heteroatoms. The van der Waals surface area contributed by atoms with Gasteiger partial charge in [-0.1, -0.05) is 41.5 Å². The van der Waals surface area contributed by atoms with Crippen molar-refractivity contribution in [1.82, 2.24) is 9.80 Å². The third-order valence-electron chi connectivity index (χ3n) is 3.47.